The molecule has 0 fully saturated rings. The molecule has 0 bridgehead atoms. The Bertz CT molecular complexity index is 14.0. The molecule has 2 nitrogen and oxygen atoms in total. The van der Waals surface area contributed by atoms with Crippen LogP contribution >= 0.6 is 0 Å². The lowest BCUT2D eigenvalue weighted by Gasteiger charge is -1.84. The minimum absolute atomic E-state index is 0. The number of aliphatic hydroxyl groups excluding tert-OH is 1. The van der Waals surface area contributed by atoms with E-state index in [-0.39, 0.29) is 28.9 Å². The first kappa shape index (κ1) is 24.7. The molecule has 0 rings (SSSR count). The Morgan fingerprint density at radius 1 is 1.25 bits per heavy atom. The molecule has 56 valence electrons. The fraction of sp³-hybridized carbons (Fsp3) is 1.00. The van der Waals surface area contributed by atoms with Crippen LogP contribution in [-0.2, 0) is 4.74 Å². The van der Waals surface area contributed by atoms with Crippen molar-refractivity contribution in [3.8, 4) is 0 Å². The highest BCUT2D eigenvalue weighted by Crippen LogP contribution is 1.56. The molecule has 0 aromatic rings. The number of hydrogen-bond donors (Lipinski definition) is 1. The van der Waals surface area contributed by atoms with Gasteiger partial charge in [-0.15, -0.1) is 0 Å². The van der Waals surface area contributed by atoms with Crippen molar-refractivity contribution >= 4 is 0 Å². The molecule has 0 saturated carbocycles. The SMILES string of the molecule is C.C.C.COCCO. The topological polar surface area (TPSA) is 29.5 Å². The van der Waals surface area contributed by atoms with Crippen LogP contribution < -0.4 is 0 Å². The molecule has 0 amide bonds. The molecule has 8 heavy (non-hydrogen) atoms. The summed E-state index contributed by atoms with van der Waals surface area (Å²) < 4.78 is 4.44. The molecule has 0 aliphatic carbocycles. The van der Waals surface area contributed by atoms with Gasteiger partial charge in [0, 0.05) is 7.11 Å². The number of rotatable bonds is 2. The number of hydrogen-bond acceptors (Lipinski definition) is 2. The normalized spacial score (nSPS) is 5.25. The van der Waals surface area contributed by atoms with Crippen LogP contribution in [0.4, 0.5) is 0 Å². The molecule has 0 unspecified atom stereocenters. The first-order chi connectivity index (χ1) is 2.41. The lowest BCUT2D eigenvalue weighted by atomic mass is 10.8. The van der Waals surface area contributed by atoms with E-state index in [4.69, 9.17) is 5.11 Å². The second-order valence-corrected chi connectivity index (χ2v) is 0.716. The molecule has 2 heteroatoms. The number of aliphatic hydroxyl groups is 1. The third-order valence-corrected chi connectivity index (χ3v) is 0.295. The van der Waals surface area contributed by atoms with E-state index < -0.39 is 0 Å². The first-order valence-electron chi connectivity index (χ1n) is 1.51. The smallest absolute Gasteiger partial charge is 0.0693 e. The van der Waals surface area contributed by atoms with Crippen LogP contribution in [0, 0.1) is 0 Å². The van der Waals surface area contributed by atoms with Crippen LogP contribution in [0.1, 0.15) is 22.3 Å². The van der Waals surface area contributed by atoms with Crippen LogP contribution in [-0.4, -0.2) is 25.4 Å². The van der Waals surface area contributed by atoms with Gasteiger partial charge < -0.3 is 9.84 Å². The van der Waals surface area contributed by atoms with Crippen molar-refractivity contribution < 1.29 is 9.84 Å². The first-order valence-corrected chi connectivity index (χ1v) is 1.51. The molecule has 0 heterocycles. The predicted molar refractivity (Wildman–Crippen MR) is 39.2 cm³/mol. The highest BCUT2D eigenvalue weighted by atomic mass is 16.5. The van der Waals surface area contributed by atoms with Gasteiger partial charge in [0.25, 0.3) is 0 Å². The van der Waals surface area contributed by atoms with E-state index in [0.717, 1.165) is 0 Å². The van der Waals surface area contributed by atoms with Crippen molar-refractivity contribution in [2.75, 3.05) is 20.3 Å². The van der Waals surface area contributed by atoms with E-state index in [1.807, 2.05) is 0 Å². The number of methoxy groups -OCH3 is 1. The van der Waals surface area contributed by atoms with Crippen LogP contribution in [0.3, 0.4) is 0 Å². The van der Waals surface area contributed by atoms with Crippen LogP contribution in [0.2, 0.25) is 0 Å². The summed E-state index contributed by atoms with van der Waals surface area (Å²) in [5.41, 5.74) is 0. The molecule has 1 N–H and O–H groups in total. The summed E-state index contributed by atoms with van der Waals surface area (Å²) in [4.78, 5) is 0. The Morgan fingerprint density at radius 3 is 1.62 bits per heavy atom. The van der Waals surface area contributed by atoms with E-state index in [1.165, 1.54) is 0 Å². The summed E-state index contributed by atoms with van der Waals surface area (Å²) in [5, 5.41) is 7.94. The maximum atomic E-state index is 7.94. The van der Waals surface area contributed by atoms with Gasteiger partial charge in [0.05, 0.1) is 13.2 Å². The average molecular weight is 124 g/mol. The van der Waals surface area contributed by atoms with E-state index in [2.05, 4.69) is 4.74 Å². The maximum absolute atomic E-state index is 7.94. The standard InChI is InChI=1S/C3H8O2.3CH4/c1-5-3-2-4;;;/h4H,2-3H2,1H3;3*1H4. The molecule has 0 aromatic heterocycles. The molecule has 0 atom stereocenters. The Kier molecular flexibility index (Phi) is 87.8. The second kappa shape index (κ2) is 28.4. The van der Waals surface area contributed by atoms with Crippen LogP contribution in [0.15, 0.2) is 0 Å². The molecule has 0 aliphatic rings. The molecular weight excluding hydrogens is 104 g/mol. The third-order valence-electron chi connectivity index (χ3n) is 0.295. The van der Waals surface area contributed by atoms with Crippen LogP contribution in [0.5, 0.6) is 0 Å². The van der Waals surface area contributed by atoms with Gasteiger partial charge in [-0.1, -0.05) is 22.3 Å². The average Bonchev–Trinajstić information content (AvgIpc) is 1.41. The molecule has 0 radical (unpaired) electrons. The van der Waals surface area contributed by atoms with Gasteiger partial charge in [0.2, 0.25) is 0 Å². The van der Waals surface area contributed by atoms with E-state index >= 15 is 0 Å². The summed E-state index contributed by atoms with van der Waals surface area (Å²) in [6.45, 7) is 0.566. The highest BCUT2D eigenvalue weighted by Gasteiger charge is 1.67. The fourth-order valence-corrected chi connectivity index (χ4v) is 0.0913. The minimum Gasteiger partial charge on any atom is -0.394 e. The molecule has 0 aliphatic heterocycles. The van der Waals surface area contributed by atoms with Gasteiger partial charge in [0.1, 0.15) is 0 Å². The van der Waals surface area contributed by atoms with Crippen molar-refractivity contribution in [2.45, 2.75) is 22.3 Å². The quantitative estimate of drug-likeness (QED) is 0.605. The van der Waals surface area contributed by atoms with Gasteiger partial charge >= 0.3 is 0 Å². The van der Waals surface area contributed by atoms with Crippen molar-refractivity contribution in [2.24, 2.45) is 0 Å². The maximum Gasteiger partial charge on any atom is 0.0693 e. The van der Waals surface area contributed by atoms with Gasteiger partial charge in [0.15, 0.2) is 0 Å². The van der Waals surface area contributed by atoms with Crippen LogP contribution in [0.25, 0.3) is 0 Å². The summed E-state index contributed by atoms with van der Waals surface area (Å²) in [6.07, 6.45) is 0. The minimum atomic E-state index is 0. The zero-order valence-electron chi connectivity index (χ0n) is 3.27. The van der Waals surface area contributed by atoms with Gasteiger partial charge in [-0.25, -0.2) is 0 Å². The van der Waals surface area contributed by atoms with Gasteiger partial charge in [-0.05, 0) is 0 Å². The monoisotopic (exact) mass is 124 g/mol. The van der Waals surface area contributed by atoms with Gasteiger partial charge in [-0.3, -0.25) is 0 Å². The Labute approximate surface area is 53.5 Å². The summed E-state index contributed by atoms with van der Waals surface area (Å²) >= 11 is 0. The van der Waals surface area contributed by atoms with Crippen molar-refractivity contribution in [3.05, 3.63) is 0 Å². The van der Waals surface area contributed by atoms with E-state index in [0.29, 0.717) is 6.61 Å². The molecule has 0 aromatic carbocycles. The molecular formula is C6H20O2. The summed E-state index contributed by atoms with van der Waals surface area (Å²) in [7, 11) is 1.55. The lowest BCUT2D eigenvalue weighted by Crippen LogP contribution is -1.91. The third kappa shape index (κ3) is 38.9. The summed E-state index contributed by atoms with van der Waals surface area (Å²) in [6, 6.07) is 0. The van der Waals surface area contributed by atoms with Crippen molar-refractivity contribution in [1.29, 1.82) is 0 Å². The molecule has 0 saturated heterocycles. The number of ether oxygens (including phenoxy) is 1. The summed E-state index contributed by atoms with van der Waals surface area (Å²) in [5.74, 6) is 0. The Balaban J connectivity index is -0.0000000267. The second-order valence-electron chi connectivity index (χ2n) is 0.716. The van der Waals surface area contributed by atoms with E-state index in [1.54, 1.807) is 7.11 Å². The largest absolute Gasteiger partial charge is 0.394 e. The predicted octanol–water partition coefficient (Wildman–Crippen LogP) is 1.53. The Hall–Kier alpha value is -0.0800. The fourth-order valence-electron chi connectivity index (χ4n) is 0.0913. The zero-order chi connectivity index (χ0) is 4.12. The highest BCUT2D eigenvalue weighted by molar-refractivity contribution is 4.12. The molecule has 0 spiro atoms. The van der Waals surface area contributed by atoms with Crippen molar-refractivity contribution in [1.82, 2.24) is 0 Å². The Morgan fingerprint density at radius 2 is 1.62 bits per heavy atom. The zero-order valence-corrected chi connectivity index (χ0v) is 3.27. The lowest BCUT2D eigenvalue weighted by molar-refractivity contribution is 0.135. The van der Waals surface area contributed by atoms with Gasteiger partial charge in [-0.2, -0.15) is 0 Å². The van der Waals surface area contributed by atoms with Crippen molar-refractivity contribution in [3.63, 3.8) is 0 Å². The van der Waals surface area contributed by atoms with E-state index in [9.17, 15) is 0 Å².